The number of nitrogens with one attached hydrogen (secondary N) is 1. The number of nitrogens with zero attached hydrogens (tertiary/aromatic N) is 2. The largest absolute Gasteiger partial charge is 0.501 e. The van der Waals surface area contributed by atoms with Crippen LogP contribution < -0.4 is 5.32 Å². The number of halogens is 3. The van der Waals surface area contributed by atoms with Crippen LogP contribution in [-0.2, 0) is 15.8 Å². The molecule has 0 aromatic heterocycles. The van der Waals surface area contributed by atoms with Crippen LogP contribution in [0.15, 0.2) is 35.7 Å². The molecule has 1 N–H and O–H groups in total. The van der Waals surface area contributed by atoms with Gasteiger partial charge in [0, 0.05) is 0 Å². The maximum atomic E-state index is 13.1. The molecule has 2 heterocycles. The first-order valence-corrected chi connectivity index (χ1v) is 9.81. The quantitative estimate of drug-likeness (QED) is 0.734. The first-order chi connectivity index (χ1) is 13.6. The normalized spacial score (nSPS) is 19.2. The van der Waals surface area contributed by atoms with Crippen molar-refractivity contribution in [3.63, 3.8) is 0 Å². The molecule has 0 spiro atoms. The third kappa shape index (κ3) is 4.36. The van der Waals surface area contributed by atoms with E-state index >= 15 is 0 Å². The maximum absolute atomic E-state index is 13.1. The van der Waals surface area contributed by atoms with Gasteiger partial charge in [0.25, 0.3) is 5.91 Å². The number of thioether (sulfide) groups is 1. The van der Waals surface area contributed by atoms with Crippen molar-refractivity contribution in [3.05, 3.63) is 41.3 Å². The molecule has 1 unspecified atom stereocenters. The van der Waals surface area contributed by atoms with Gasteiger partial charge in [0.1, 0.15) is 5.71 Å². The van der Waals surface area contributed by atoms with Crippen LogP contribution in [0.3, 0.4) is 0 Å². The van der Waals surface area contributed by atoms with Gasteiger partial charge in [0.15, 0.2) is 11.8 Å². The Morgan fingerprint density at radius 3 is 2.62 bits per heavy atom. The van der Waals surface area contributed by atoms with Gasteiger partial charge < -0.3 is 5.32 Å². The smallest absolute Gasteiger partial charge is 0.322 e. The van der Waals surface area contributed by atoms with E-state index in [0.29, 0.717) is 5.71 Å². The first-order valence-electron chi connectivity index (χ1n) is 8.87. The molecule has 2 aliphatic rings. The Balaban J connectivity index is 1.86. The summed E-state index contributed by atoms with van der Waals surface area (Å²) in [4.78, 5) is 39.0. The Labute approximate surface area is 169 Å². The van der Waals surface area contributed by atoms with Crippen LogP contribution in [0, 0.1) is 5.92 Å². The van der Waals surface area contributed by atoms with Crippen LogP contribution in [0.5, 0.6) is 0 Å². The van der Waals surface area contributed by atoms with Crippen LogP contribution in [0.2, 0.25) is 0 Å². The zero-order valence-electron chi connectivity index (χ0n) is 15.7. The second-order valence-corrected chi connectivity index (χ2v) is 8.06. The van der Waals surface area contributed by atoms with Crippen LogP contribution >= 0.6 is 11.8 Å². The number of hydrogen-bond donors (Lipinski definition) is 1. The molecule has 1 aromatic carbocycles. The molecule has 29 heavy (non-hydrogen) atoms. The lowest BCUT2D eigenvalue weighted by atomic mass is 10.1. The first kappa shape index (κ1) is 21.1. The van der Waals surface area contributed by atoms with Crippen molar-refractivity contribution in [3.8, 4) is 0 Å². The molecular weight excluding hydrogens is 407 g/mol. The number of amides is 4. The van der Waals surface area contributed by atoms with Gasteiger partial charge in [-0.25, -0.2) is 4.79 Å². The van der Waals surface area contributed by atoms with Gasteiger partial charge in [-0.15, -0.1) is 11.8 Å². The Bertz CT molecular complexity index is 925. The summed E-state index contributed by atoms with van der Waals surface area (Å²) in [6.45, 7) is 3.40. The van der Waals surface area contributed by atoms with Gasteiger partial charge in [-0.2, -0.15) is 27.4 Å². The lowest BCUT2D eigenvalue weighted by molar-refractivity contribution is -0.426. The van der Waals surface area contributed by atoms with Crippen molar-refractivity contribution < 1.29 is 32.1 Å². The average Bonchev–Trinajstić information content (AvgIpc) is 3.11. The molecule has 0 fully saturated rings. The topological polar surface area (TPSA) is 69.5 Å². The van der Waals surface area contributed by atoms with Gasteiger partial charge in [-0.3, -0.25) is 4.79 Å². The molecule has 0 aliphatic carbocycles. The third-order valence-electron chi connectivity index (χ3n) is 4.34. The molecular formula is C19H19F3N3O3S+. The molecule has 3 rings (SSSR count). The van der Waals surface area contributed by atoms with E-state index in [1.165, 1.54) is 23.9 Å². The molecule has 0 saturated carbocycles. The fourth-order valence-electron chi connectivity index (χ4n) is 3.12. The van der Waals surface area contributed by atoms with Crippen molar-refractivity contribution in [1.29, 1.82) is 0 Å². The highest BCUT2D eigenvalue weighted by molar-refractivity contribution is 8.04. The summed E-state index contributed by atoms with van der Waals surface area (Å²) in [5, 5.41) is 3.25. The fourth-order valence-corrected chi connectivity index (χ4v) is 4.08. The predicted octanol–water partition coefficient (Wildman–Crippen LogP) is 3.34. The van der Waals surface area contributed by atoms with Gasteiger partial charge in [0.05, 0.1) is 17.8 Å². The van der Waals surface area contributed by atoms with Crippen LogP contribution in [-0.4, -0.2) is 51.4 Å². The molecule has 0 saturated heterocycles. The number of para-hydroxylation sites is 1. The monoisotopic (exact) mass is 426 g/mol. The number of fused-ring (bicyclic) bond motifs is 1. The fraction of sp³-hybridized carbons (Fsp3) is 0.368. The molecule has 0 radical (unpaired) electrons. The molecule has 0 bridgehead atoms. The van der Waals surface area contributed by atoms with Crippen LogP contribution in [0.4, 0.5) is 23.7 Å². The number of carbonyl (C=O) groups excluding carboxylic acids is 3. The molecule has 6 nitrogen and oxygen atoms in total. The minimum atomic E-state index is -4.63. The number of imide groups is 1. The summed E-state index contributed by atoms with van der Waals surface area (Å²) in [6.07, 6.45) is -3.05. The molecule has 10 heteroatoms. The standard InChI is InChI=1S/C19H18F3N3O3S/c1-11(2)9-25-17(27)16-14(7-8-29-16)24(18(25)28)10-15(26)23-13-6-4-3-5-12(13)19(20,21)22/h3-8,11,16H,9-10H2,1-2H3/p+1. The van der Waals surface area contributed by atoms with Crippen molar-refractivity contribution in [2.45, 2.75) is 25.3 Å². The maximum Gasteiger partial charge on any atom is 0.501 e. The summed E-state index contributed by atoms with van der Waals surface area (Å²) in [6, 6.07) is 3.96. The van der Waals surface area contributed by atoms with E-state index in [4.69, 9.17) is 0 Å². The van der Waals surface area contributed by atoms with Crippen molar-refractivity contribution >= 4 is 41.0 Å². The lowest BCUT2D eigenvalue weighted by Gasteiger charge is -2.25. The number of hydrogen-bond acceptors (Lipinski definition) is 4. The van der Waals surface area contributed by atoms with Gasteiger partial charge >= 0.3 is 18.1 Å². The number of anilines is 1. The summed E-state index contributed by atoms with van der Waals surface area (Å²) in [5.41, 5.74) is -0.997. The van der Waals surface area contributed by atoms with E-state index in [-0.39, 0.29) is 24.1 Å². The minimum absolute atomic E-state index is 0.0261. The molecule has 2 aliphatic heterocycles. The van der Waals surface area contributed by atoms with Crippen molar-refractivity contribution in [2.75, 3.05) is 18.4 Å². The van der Waals surface area contributed by atoms with Crippen LogP contribution in [0.1, 0.15) is 19.4 Å². The molecule has 154 valence electrons. The van der Waals surface area contributed by atoms with Gasteiger partial charge in [-0.05, 0) is 29.5 Å². The Morgan fingerprint density at radius 1 is 1.28 bits per heavy atom. The Kier molecular flexibility index (Phi) is 5.83. The van der Waals surface area contributed by atoms with E-state index in [1.807, 2.05) is 13.8 Å². The number of allylic oxidation sites excluding steroid dienone is 1. The Morgan fingerprint density at radius 2 is 1.97 bits per heavy atom. The number of urea groups is 1. The molecule has 1 aromatic rings. The average molecular weight is 426 g/mol. The predicted molar refractivity (Wildman–Crippen MR) is 103 cm³/mol. The highest BCUT2D eigenvalue weighted by atomic mass is 32.2. The number of rotatable bonds is 5. The molecule has 1 atom stereocenters. The summed E-state index contributed by atoms with van der Waals surface area (Å²) >= 11 is 1.22. The van der Waals surface area contributed by atoms with E-state index in [2.05, 4.69) is 5.32 Å². The van der Waals surface area contributed by atoms with E-state index < -0.39 is 35.5 Å². The van der Waals surface area contributed by atoms with Crippen LogP contribution in [0.25, 0.3) is 0 Å². The highest BCUT2D eigenvalue weighted by Crippen LogP contribution is 2.34. The minimum Gasteiger partial charge on any atom is -0.322 e. The zero-order valence-corrected chi connectivity index (χ0v) is 16.5. The third-order valence-corrected chi connectivity index (χ3v) is 5.35. The van der Waals surface area contributed by atoms with E-state index in [1.54, 1.807) is 11.5 Å². The van der Waals surface area contributed by atoms with Gasteiger partial charge in [0.2, 0.25) is 0 Å². The number of carbonyl (C=O) groups is 3. The summed E-state index contributed by atoms with van der Waals surface area (Å²) < 4.78 is 40.6. The van der Waals surface area contributed by atoms with Gasteiger partial charge in [-0.1, -0.05) is 26.0 Å². The van der Waals surface area contributed by atoms with E-state index in [9.17, 15) is 27.6 Å². The van der Waals surface area contributed by atoms with E-state index in [0.717, 1.165) is 21.6 Å². The lowest BCUT2D eigenvalue weighted by Crippen LogP contribution is -2.57. The highest BCUT2D eigenvalue weighted by Gasteiger charge is 2.49. The summed E-state index contributed by atoms with van der Waals surface area (Å²) in [7, 11) is 0. The molecule has 4 amide bonds. The number of alkyl halides is 3. The SMILES string of the molecule is CC(C)CN1C(=O)C2SC=CC2=[N+](CC(=O)Nc2ccccc2C(F)(F)F)C1=O. The zero-order chi connectivity index (χ0) is 21.3. The Hall–Kier alpha value is -2.62. The summed E-state index contributed by atoms with van der Waals surface area (Å²) in [5.74, 6) is -1.11. The second kappa shape index (κ2) is 8.02. The second-order valence-electron chi connectivity index (χ2n) is 7.05. The van der Waals surface area contributed by atoms with Crippen molar-refractivity contribution in [2.24, 2.45) is 5.92 Å². The number of benzene rings is 1. The van der Waals surface area contributed by atoms with Crippen molar-refractivity contribution in [1.82, 2.24) is 4.90 Å².